The number of hydrogen-bond acceptors (Lipinski definition) is 3. The van der Waals surface area contributed by atoms with Crippen LogP contribution >= 0.6 is 23.2 Å². The van der Waals surface area contributed by atoms with E-state index in [0.717, 1.165) is 0 Å². The first-order valence-corrected chi connectivity index (χ1v) is 7.63. The number of hydrogen-bond donors (Lipinski definition) is 2. The maximum absolute atomic E-state index is 12.6. The van der Waals surface area contributed by atoms with E-state index in [9.17, 15) is 27.6 Å². The average molecular weight is 398 g/mol. The molecule has 4 amide bonds. The number of carbonyl (C=O) groups is 3. The minimum Gasteiger partial charge on any atom is -0.345 e. The molecule has 0 aliphatic carbocycles. The molecule has 2 N–H and O–H groups in total. The minimum absolute atomic E-state index is 0.118. The summed E-state index contributed by atoms with van der Waals surface area (Å²) >= 11 is 11.8. The number of halogens is 5. The third kappa shape index (κ3) is 4.16. The number of urea groups is 1. The van der Waals surface area contributed by atoms with Crippen molar-refractivity contribution in [1.82, 2.24) is 15.5 Å². The number of alkyl halides is 3. The van der Waals surface area contributed by atoms with E-state index in [4.69, 9.17) is 23.2 Å². The molecule has 0 aromatic heterocycles. The molecule has 1 atom stereocenters. The van der Waals surface area contributed by atoms with Crippen LogP contribution in [-0.4, -0.2) is 42.0 Å². The van der Waals surface area contributed by atoms with E-state index in [1.165, 1.54) is 25.1 Å². The van der Waals surface area contributed by atoms with Crippen LogP contribution in [0.15, 0.2) is 18.2 Å². The summed E-state index contributed by atoms with van der Waals surface area (Å²) in [6.45, 7) is -1.03. The highest BCUT2D eigenvalue weighted by Gasteiger charge is 2.50. The monoisotopic (exact) mass is 397 g/mol. The van der Waals surface area contributed by atoms with Crippen LogP contribution in [0.5, 0.6) is 0 Å². The highest BCUT2D eigenvalue weighted by atomic mass is 35.5. The molecule has 1 aromatic rings. The van der Waals surface area contributed by atoms with Gasteiger partial charge in [-0.2, -0.15) is 13.2 Å². The van der Waals surface area contributed by atoms with Gasteiger partial charge in [-0.05, 0) is 19.1 Å². The molecule has 0 unspecified atom stereocenters. The number of carbonyl (C=O) groups excluding carboxylic acids is 3. The van der Waals surface area contributed by atoms with Crippen molar-refractivity contribution in [3.8, 4) is 0 Å². The maximum Gasteiger partial charge on any atom is 0.405 e. The van der Waals surface area contributed by atoms with Crippen molar-refractivity contribution in [1.29, 1.82) is 0 Å². The topological polar surface area (TPSA) is 78.5 Å². The zero-order valence-electron chi connectivity index (χ0n) is 12.7. The molecule has 0 radical (unpaired) electrons. The maximum atomic E-state index is 12.6. The van der Waals surface area contributed by atoms with Crippen LogP contribution in [0.4, 0.5) is 18.0 Å². The zero-order chi connectivity index (χ0) is 19.0. The lowest BCUT2D eigenvalue weighted by atomic mass is 9.92. The third-order valence-corrected chi connectivity index (χ3v) is 4.08. The molecule has 11 heteroatoms. The van der Waals surface area contributed by atoms with E-state index in [2.05, 4.69) is 5.32 Å². The van der Waals surface area contributed by atoms with Gasteiger partial charge in [0.25, 0.3) is 5.91 Å². The van der Waals surface area contributed by atoms with Gasteiger partial charge in [-0.1, -0.05) is 29.3 Å². The first kappa shape index (κ1) is 19.3. The molecule has 1 heterocycles. The lowest BCUT2D eigenvalue weighted by Crippen LogP contribution is -2.44. The highest BCUT2D eigenvalue weighted by molar-refractivity contribution is 6.35. The number of nitrogens with one attached hydrogen (secondary N) is 2. The Labute approximate surface area is 150 Å². The van der Waals surface area contributed by atoms with Gasteiger partial charge in [-0.3, -0.25) is 14.5 Å². The molecule has 0 bridgehead atoms. The number of benzene rings is 1. The van der Waals surface area contributed by atoms with E-state index in [1.807, 2.05) is 0 Å². The van der Waals surface area contributed by atoms with Gasteiger partial charge in [0, 0.05) is 15.6 Å². The van der Waals surface area contributed by atoms with Crippen LogP contribution in [0, 0.1) is 0 Å². The van der Waals surface area contributed by atoms with E-state index < -0.39 is 42.7 Å². The predicted molar refractivity (Wildman–Crippen MR) is 83.1 cm³/mol. The second kappa shape index (κ2) is 6.72. The molecule has 25 heavy (non-hydrogen) atoms. The summed E-state index contributed by atoms with van der Waals surface area (Å²) in [5.74, 6) is -1.93. The Hall–Kier alpha value is -2.00. The zero-order valence-corrected chi connectivity index (χ0v) is 14.2. The first-order valence-electron chi connectivity index (χ1n) is 6.87. The fourth-order valence-electron chi connectivity index (χ4n) is 2.32. The molecule has 1 aliphatic heterocycles. The predicted octanol–water partition coefficient (Wildman–Crippen LogP) is 2.44. The third-order valence-electron chi connectivity index (χ3n) is 3.53. The molecule has 1 fully saturated rings. The minimum atomic E-state index is -4.60. The summed E-state index contributed by atoms with van der Waals surface area (Å²) in [6.07, 6.45) is -4.60. The number of nitrogens with zero attached hydrogens (tertiary/aromatic N) is 1. The van der Waals surface area contributed by atoms with Gasteiger partial charge in [0.15, 0.2) is 0 Å². The Morgan fingerprint density at radius 2 is 1.96 bits per heavy atom. The largest absolute Gasteiger partial charge is 0.405 e. The quantitative estimate of drug-likeness (QED) is 0.765. The van der Waals surface area contributed by atoms with Crippen LogP contribution < -0.4 is 10.6 Å². The molecule has 1 aliphatic rings. The van der Waals surface area contributed by atoms with Crippen LogP contribution in [0.2, 0.25) is 10.0 Å². The van der Waals surface area contributed by atoms with E-state index in [-0.39, 0.29) is 10.6 Å². The molecular weight excluding hydrogens is 386 g/mol. The normalized spacial score (nSPS) is 20.6. The number of rotatable bonds is 4. The van der Waals surface area contributed by atoms with Gasteiger partial charge >= 0.3 is 12.2 Å². The van der Waals surface area contributed by atoms with Gasteiger partial charge in [0.1, 0.15) is 18.6 Å². The van der Waals surface area contributed by atoms with Crippen molar-refractivity contribution in [3.63, 3.8) is 0 Å². The SMILES string of the molecule is C[C@]1(c2ccc(Cl)cc2Cl)NC(=O)N(CC(=O)NCC(F)(F)F)C1=O. The van der Waals surface area contributed by atoms with Crippen molar-refractivity contribution in [2.45, 2.75) is 18.6 Å². The van der Waals surface area contributed by atoms with Gasteiger partial charge in [-0.25, -0.2) is 4.79 Å². The van der Waals surface area contributed by atoms with Crippen molar-refractivity contribution < 1.29 is 27.6 Å². The van der Waals surface area contributed by atoms with Crippen molar-refractivity contribution in [2.75, 3.05) is 13.1 Å². The molecule has 1 aromatic carbocycles. The van der Waals surface area contributed by atoms with Gasteiger partial charge in [0.2, 0.25) is 5.91 Å². The number of amides is 4. The smallest absolute Gasteiger partial charge is 0.345 e. The fourth-order valence-corrected chi connectivity index (χ4v) is 2.91. The van der Waals surface area contributed by atoms with Crippen molar-refractivity contribution >= 4 is 41.0 Å². The number of imide groups is 1. The van der Waals surface area contributed by atoms with Gasteiger partial charge in [-0.15, -0.1) is 0 Å². The molecule has 136 valence electrons. The summed E-state index contributed by atoms with van der Waals surface area (Å²) in [7, 11) is 0. The standard InChI is InChI=1S/C14H12Cl2F3N3O3/c1-13(8-3-2-7(15)4-9(8)16)11(24)22(12(25)21-13)5-10(23)20-6-14(17,18)19/h2-4H,5-6H2,1H3,(H,20,23)(H,21,25)/t13-/m1/s1. The molecule has 1 saturated heterocycles. The Kier molecular flexibility index (Phi) is 5.19. The highest BCUT2D eigenvalue weighted by Crippen LogP contribution is 2.34. The molecule has 6 nitrogen and oxygen atoms in total. The molecule has 0 spiro atoms. The lowest BCUT2D eigenvalue weighted by Gasteiger charge is -2.23. The van der Waals surface area contributed by atoms with Crippen LogP contribution in [-0.2, 0) is 15.1 Å². The summed E-state index contributed by atoms with van der Waals surface area (Å²) in [6, 6.07) is 3.37. The lowest BCUT2D eigenvalue weighted by molar-refractivity contribution is -0.141. The van der Waals surface area contributed by atoms with Crippen LogP contribution in [0.1, 0.15) is 12.5 Å². The Bertz CT molecular complexity index is 742. The van der Waals surface area contributed by atoms with E-state index in [0.29, 0.717) is 9.92 Å². The van der Waals surface area contributed by atoms with E-state index in [1.54, 1.807) is 5.32 Å². The van der Waals surface area contributed by atoms with Crippen LogP contribution in [0.25, 0.3) is 0 Å². The summed E-state index contributed by atoms with van der Waals surface area (Å²) < 4.78 is 36.3. The first-order chi connectivity index (χ1) is 11.4. The Morgan fingerprint density at radius 1 is 1.32 bits per heavy atom. The Balaban J connectivity index is 2.17. The average Bonchev–Trinajstić information content (AvgIpc) is 2.68. The molecule has 0 saturated carbocycles. The Morgan fingerprint density at radius 3 is 2.52 bits per heavy atom. The van der Waals surface area contributed by atoms with E-state index >= 15 is 0 Å². The van der Waals surface area contributed by atoms with Gasteiger partial charge in [0.05, 0.1) is 0 Å². The molecule has 2 rings (SSSR count). The fraction of sp³-hybridized carbons (Fsp3) is 0.357. The van der Waals surface area contributed by atoms with Crippen molar-refractivity contribution in [2.24, 2.45) is 0 Å². The second-order valence-electron chi connectivity index (χ2n) is 5.46. The summed E-state index contributed by atoms with van der Waals surface area (Å²) in [5, 5.41) is 4.42. The van der Waals surface area contributed by atoms with Gasteiger partial charge < -0.3 is 10.6 Å². The molecular formula is C14H12Cl2F3N3O3. The van der Waals surface area contributed by atoms with Crippen LogP contribution in [0.3, 0.4) is 0 Å². The summed E-state index contributed by atoms with van der Waals surface area (Å²) in [5.41, 5.74) is -1.32. The second-order valence-corrected chi connectivity index (χ2v) is 6.31. The van der Waals surface area contributed by atoms with Crippen molar-refractivity contribution in [3.05, 3.63) is 33.8 Å². The summed E-state index contributed by atoms with van der Waals surface area (Å²) in [4.78, 5) is 36.7.